The number of hydrogen-bond donors (Lipinski definition) is 1. The van der Waals surface area contributed by atoms with Gasteiger partial charge in [0.2, 0.25) is 0 Å². The molecule has 1 aromatic heterocycles. The second kappa shape index (κ2) is 6.48. The summed E-state index contributed by atoms with van der Waals surface area (Å²) in [6.45, 7) is 2.62. The fraction of sp³-hybridized carbons (Fsp3) is 0.667. The average Bonchev–Trinajstić information content (AvgIpc) is 2.40. The first-order valence-electron chi connectivity index (χ1n) is 6.32. The minimum Gasteiger partial charge on any atom is -0.380 e. The van der Waals surface area contributed by atoms with Crippen molar-refractivity contribution in [2.24, 2.45) is 0 Å². The van der Waals surface area contributed by atoms with Gasteiger partial charge in [-0.3, -0.25) is 4.79 Å². The Hall–Kier alpha value is -0.680. The van der Waals surface area contributed by atoms with E-state index in [2.05, 4.69) is 10.4 Å². The number of nitrogens with one attached hydrogen (secondary N) is 1. The van der Waals surface area contributed by atoms with Gasteiger partial charge in [0.25, 0.3) is 5.56 Å². The van der Waals surface area contributed by atoms with Gasteiger partial charge in [-0.1, -0.05) is 18.5 Å². The number of aromatic nitrogens is 2. The first-order valence-corrected chi connectivity index (χ1v) is 7.85. The molecule has 0 bridgehead atoms. The molecule has 100 valence electrons. The van der Waals surface area contributed by atoms with Gasteiger partial charge in [-0.2, -0.15) is 16.9 Å². The van der Waals surface area contributed by atoms with Crippen molar-refractivity contribution in [3.8, 4) is 0 Å². The lowest BCUT2D eigenvalue weighted by Gasteiger charge is -2.23. The first-order chi connectivity index (χ1) is 8.72. The monoisotopic (exact) mass is 287 g/mol. The highest BCUT2D eigenvalue weighted by Gasteiger charge is 2.16. The van der Waals surface area contributed by atoms with Crippen molar-refractivity contribution in [1.29, 1.82) is 0 Å². The minimum absolute atomic E-state index is 0.200. The highest BCUT2D eigenvalue weighted by atomic mass is 35.5. The Kier molecular flexibility index (Phi) is 4.95. The molecule has 1 aromatic rings. The zero-order valence-corrected chi connectivity index (χ0v) is 12.1. The third-order valence-electron chi connectivity index (χ3n) is 3.00. The number of hydrogen-bond acceptors (Lipinski definition) is 4. The lowest BCUT2D eigenvalue weighted by atomic mass is 10.1. The highest BCUT2D eigenvalue weighted by molar-refractivity contribution is 7.99. The second-order valence-electron chi connectivity index (χ2n) is 4.43. The third-order valence-corrected chi connectivity index (χ3v) is 4.42. The molecule has 0 unspecified atom stereocenters. The van der Waals surface area contributed by atoms with Gasteiger partial charge >= 0.3 is 0 Å². The molecule has 4 nitrogen and oxygen atoms in total. The van der Waals surface area contributed by atoms with E-state index in [0.29, 0.717) is 18.3 Å². The van der Waals surface area contributed by atoms with Gasteiger partial charge in [-0.05, 0) is 30.8 Å². The zero-order valence-electron chi connectivity index (χ0n) is 10.5. The van der Waals surface area contributed by atoms with Crippen LogP contribution in [0.15, 0.2) is 11.0 Å². The summed E-state index contributed by atoms with van der Waals surface area (Å²) in [5, 5.41) is 7.75. The van der Waals surface area contributed by atoms with Crippen molar-refractivity contribution >= 4 is 29.1 Å². The third kappa shape index (κ3) is 3.20. The number of thioether (sulfide) groups is 1. The topological polar surface area (TPSA) is 46.9 Å². The van der Waals surface area contributed by atoms with Crippen LogP contribution in [0.4, 0.5) is 5.69 Å². The average molecular weight is 288 g/mol. The van der Waals surface area contributed by atoms with E-state index in [1.54, 1.807) is 6.20 Å². The van der Waals surface area contributed by atoms with Crippen LogP contribution >= 0.6 is 23.4 Å². The molecule has 0 aromatic carbocycles. The SMILES string of the molecule is CCCn1ncc(NC2CCSCC2)c(Cl)c1=O. The first kappa shape index (κ1) is 13.7. The molecule has 0 spiro atoms. The second-order valence-corrected chi connectivity index (χ2v) is 6.03. The lowest BCUT2D eigenvalue weighted by molar-refractivity contribution is 0.567. The molecule has 0 radical (unpaired) electrons. The van der Waals surface area contributed by atoms with Gasteiger partial charge in [0.15, 0.2) is 0 Å². The fourth-order valence-corrected chi connectivity index (χ4v) is 3.31. The smallest absolute Gasteiger partial charge is 0.287 e. The van der Waals surface area contributed by atoms with Gasteiger partial charge in [-0.15, -0.1) is 0 Å². The molecule has 1 N–H and O–H groups in total. The molecule has 1 aliphatic rings. The van der Waals surface area contributed by atoms with Crippen LogP contribution in [0, 0.1) is 0 Å². The Labute approximate surface area is 116 Å². The van der Waals surface area contributed by atoms with Crippen molar-refractivity contribution in [3.63, 3.8) is 0 Å². The molecular weight excluding hydrogens is 270 g/mol. The number of rotatable bonds is 4. The number of aryl methyl sites for hydroxylation is 1. The van der Waals surface area contributed by atoms with Gasteiger partial charge in [-0.25, -0.2) is 4.68 Å². The predicted octanol–water partition coefficient (Wildman–Crippen LogP) is 2.61. The molecule has 0 aliphatic carbocycles. The van der Waals surface area contributed by atoms with Crippen molar-refractivity contribution in [1.82, 2.24) is 9.78 Å². The maximum atomic E-state index is 11.9. The number of halogens is 1. The zero-order chi connectivity index (χ0) is 13.0. The van der Waals surface area contributed by atoms with Crippen LogP contribution in [0.25, 0.3) is 0 Å². The van der Waals surface area contributed by atoms with Crippen molar-refractivity contribution in [2.45, 2.75) is 38.8 Å². The van der Waals surface area contributed by atoms with Crippen LogP contribution in [-0.4, -0.2) is 27.3 Å². The molecule has 2 heterocycles. The molecule has 1 fully saturated rings. The van der Waals surface area contributed by atoms with E-state index in [-0.39, 0.29) is 10.6 Å². The van der Waals surface area contributed by atoms with Crippen LogP contribution in [0.3, 0.4) is 0 Å². The van der Waals surface area contributed by atoms with Crippen LogP contribution < -0.4 is 10.9 Å². The van der Waals surface area contributed by atoms with E-state index in [9.17, 15) is 4.79 Å². The number of anilines is 1. The Bertz CT molecular complexity index is 457. The summed E-state index contributed by atoms with van der Waals surface area (Å²) in [6.07, 6.45) is 4.76. The summed E-state index contributed by atoms with van der Waals surface area (Å²) < 4.78 is 1.42. The molecule has 1 aliphatic heterocycles. The molecular formula is C12H18ClN3OS. The standard InChI is InChI=1S/C12H18ClN3OS/c1-2-5-16-12(17)11(13)10(8-14-16)15-9-3-6-18-7-4-9/h8-9,15H,2-7H2,1H3. The maximum Gasteiger partial charge on any atom is 0.287 e. The molecule has 0 atom stereocenters. The summed E-state index contributed by atoms with van der Waals surface area (Å²) in [5.74, 6) is 2.32. The van der Waals surface area contributed by atoms with Gasteiger partial charge in [0, 0.05) is 12.6 Å². The molecule has 0 saturated carbocycles. The summed E-state index contributed by atoms with van der Waals surface area (Å²) in [6, 6.07) is 0.409. The van der Waals surface area contributed by atoms with Crippen molar-refractivity contribution in [3.05, 3.63) is 21.6 Å². The molecule has 2 rings (SSSR count). The predicted molar refractivity (Wildman–Crippen MR) is 77.8 cm³/mol. The van der Waals surface area contributed by atoms with Gasteiger partial charge < -0.3 is 5.32 Å². The van der Waals surface area contributed by atoms with Crippen LogP contribution in [0.5, 0.6) is 0 Å². The van der Waals surface area contributed by atoms with Gasteiger partial charge in [0.05, 0.1) is 11.9 Å². The van der Waals surface area contributed by atoms with Gasteiger partial charge in [0.1, 0.15) is 5.02 Å². The summed E-state index contributed by atoms with van der Waals surface area (Å²) in [7, 11) is 0. The van der Waals surface area contributed by atoms with E-state index >= 15 is 0 Å². The van der Waals surface area contributed by atoms with E-state index in [0.717, 1.165) is 30.8 Å². The highest BCUT2D eigenvalue weighted by Crippen LogP contribution is 2.23. The van der Waals surface area contributed by atoms with Crippen LogP contribution in [0.1, 0.15) is 26.2 Å². The Balaban J connectivity index is 2.13. The Morgan fingerprint density at radius 1 is 1.56 bits per heavy atom. The van der Waals surface area contributed by atoms with E-state index < -0.39 is 0 Å². The van der Waals surface area contributed by atoms with Crippen LogP contribution in [0.2, 0.25) is 5.02 Å². The van der Waals surface area contributed by atoms with Crippen molar-refractivity contribution in [2.75, 3.05) is 16.8 Å². The van der Waals surface area contributed by atoms with Crippen molar-refractivity contribution < 1.29 is 0 Å². The number of nitrogens with zero attached hydrogens (tertiary/aromatic N) is 2. The summed E-state index contributed by atoms with van der Waals surface area (Å²) in [5.41, 5.74) is 0.472. The maximum absolute atomic E-state index is 11.9. The Morgan fingerprint density at radius 2 is 2.28 bits per heavy atom. The van der Waals surface area contributed by atoms with E-state index in [1.165, 1.54) is 4.68 Å². The lowest BCUT2D eigenvalue weighted by Crippen LogP contribution is -2.28. The summed E-state index contributed by atoms with van der Waals surface area (Å²) in [4.78, 5) is 11.9. The molecule has 18 heavy (non-hydrogen) atoms. The fourth-order valence-electron chi connectivity index (χ4n) is 2.00. The van der Waals surface area contributed by atoms with Crippen LogP contribution in [-0.2, 0) is 6.54 Å². The molecule has 6 heteroatoms. The van der Waals surface area contributed by atoms with E-state index in [1.807, 2.05) is 18.7 Å². The minimum atomic E-state index is -0.200. The molecule has 1 saturated heterocycles. The quantitative estimate of drug-likeness (QED) is 0.925. The normalized spacial score (nSPS) is 16.8. The molecule has 0 amide bonds. The van der Waals surface area contributed by atoms with E-state index in [4.69, 9.17) is 11.6 Å². The Morgan fingerprint density at radius 3 is 2.94 bits per heavy atom. The largest absolute Gasteiger partial charge is 0.380 e. The summed E-state index contributed by atoms with van der Waals surface area (Å²) >= 11 is 8.08.